The normalized spacial score (nSPS) is 27.5. The minimum absolute atomic E-state index is 0.162. The van der Waals surface area contributed by atoms with E-state index in [9.17, 15) is 4.79 Å². The number of aromatic nitrogens is 1. The number of anilines is 1. The third kappa shape index (κ3) is 1.67. The Hall–Kier alpha value is -0.900. The lowest BCUT2D eigenvalue weighted by Gasteiger charge is -1.98. The zero-order valence-electron chi connectivity index (χ0n) is 8.75. The summed E-state index contributed by atoms with van der Waals surface area (Å²) in [4.78, 5) is 17.5. The highest BCUT2D eigenvalue weighted by atomic mass is 32.1. The summed E-state index contributed by atoms with van der Waals surface area (Å²) in [6.07, 6.45) is 4.49. The Morgan fingerprint density at radius 2 is 2.33 bits per heavy atom. The minimum Gasteiger partial charge on any atom is -0.302 e. The molecule has 15 heavy (non-hydrogen) atoms. The Bertz CT molecular complexity index is 391. The fourth-order valence-electron chi connectivity index (χ4n) is 2.13. The molecule has 0 unspecified atom stereocenters. The molecule has 0 aliphatic heterocycles. The molecule has 2 aliphatic carbocycles. The van der Waals surface area contributed by atoms with Gasteiger partial charge < -0.3 is 5.32 Å². The summed E-state index contributed by atoms with van der Waals surface area (Å²) < 4.78 is 0. The summed E-state index contributed by atoms with van der Waals surface area (Å²) in [7, 11) is 0. The monoisotopic (exact) mass is 222 g/mol. The van der Waals surface area contributed by atoms with Crippen LogP contribution in [-0.4, -0.2) is 10.9 Å². The van der Waals surface area contributed by atoms with Gasteiger partial charge in [0.05, 0.1) is 5.69 Å². The van der Waals surface area contributed by atoms with Crippen molar-refractivity contribution in [1.29, 1.82) is 0 Å². The first-order valence-corrected chi connectivity index (χ1v) is 6.35. The SMILES string of the molecule is C[C@@H]1C[C@@H]1C(=O)Nc1nc2c(s1)CCC2. The molecule has 0 spiro atoms. The van der Waals surface area contributed by atoms with E-state index >= 15 is 0 Å². The fourth-order valence-corrected chi connectivity index (χ4v) is 3.18. The van der Waals surface area contributed by atoms with Crippen LogP contribution in [0.3, 0.4) is 0 Å². The lowest BCUT2D eigenvalue weighted by atomic mass is 10.3. The average Bonchev–Trinajstić information content (AvgIpc) is 2.58. The number of nitrogens with one attached hydrogen (secondary N) is 1. The maximum Gasteiger partial charge on any atom is 0.229 e. The van der Waals surface area contributed by atoms with Gasteiger partial charge in [0.1, 0.15) is 0 Å². The van der Waals surface area contributed by atoms with Gasteiger partial charge in [-0.1, -0.05) is 6.92 Å². The molecule has 4 heteroatoms. The van der Waals surface area contributed by atoms with Crippen molar-refractivity contribution in [1.82, 2.24) is 4.98 Å². The first-order valence-electron chi connectivity index (χ1n) is 5.53. The van der Waals surface area contributed by atoms with Crippen molar-refractivity contribution in [3.05, 3.63) is 10.6 Å². The van der Waals surface area contributed by atoms with E-state index < -0.39 is 0 Å². The number of hydrogen-bond donors (Lipinski definition) is 1. The summed E-state index contributed by atoms with van der Waals surface area (Å²) >= 11 is 1.65. The van der Waals surface area contributed by atoms with Crippen LogP contribution >= 0.6 is 11.3 Å². The van der Waals surface area contributed by atoms with E-state index in [0.29, 0.717) is 5.92 Å². The van der Waals surface area contributed by atoms with Gasteiger partial charge in [-0.3, -0.25) is 4.79 Å². The van der Waals surface area contributed by atoms with Crippen molar-refractivity contribution < 1.29 is 4.79 Å². The molecule has 0 bridgehead atoms. The van der Waals surface area contributed by atoms with E-state index in [1.807, 2.05) is 0 Å². The number of rotatable bonds is 2. The van der Waals surface area contributed by atoms with Crippen LogP contribution in [0.25, 0.3) is 0 Å². The van der Waals surface area contributed by atoms with E-state index in [4.69, 9.17) is 0 Å². The van der Waals surface area contributed by atoms with Crippen molar-refractivity contribution in [3.63, 3.8) is 0 Å². The molecule has 1 heterocycles. The molecule has 3 rings (SSSR count). The molecule has 2 atom stereocenters. The van der Waals surface area contributed by atoms with Gasteiger partial charge in [0, 0.05) is 10.8 Å². The quantitative estimate of drug-likeness (QED) is 0.833. The van der Waals surface area contributed by atoms with Crippen LogP contribution in [0.4, 0.5) is 5.13 Å². The van der Waals surface area contributed by atoms with Crippen LogP contribution in [0.2, 0.25) is 0 Å². The van der Waals surface area contributed by atoms with Crippen molar-refractivity contribution in [2.75, 3.05) is 5.32 Å². The van der Waals surface area contributed by atoms with Crippen LogP contribution in [0.15, 0.2) is 0 Å². The Balaban J connectivity index is 1.69. The van der Waals surface area contributed by atoms with Crippen molar-refractivity contribution >= 4 is 22.4 Å². The summed E-state index contributed by atoms with van der Waals surface area (Å²) in [5.41, 5.74) is 1.21. The molecular weight excluding hydrogens is 208 g/mol. The van der Waals surface area contributed by atoms with Crippen molar-refractivity contribution in [3.8, 4) is 0 Å². The Kier molecular flexibility index (Phi) is 2.06. The second kappa shape index (κ2) is 3.30. The van der Waals surface area contributed by atoms with Gasteiger partial charge in [0.25, 0.3) is 0 Å². The Morgan fingerprint density at radius 3 is 3.00 bits per heavy atom. The largest absolute Gasteiger partial charge is 0.302 e. The molecule has 1 aromatic rings. The van der Waals surface area contributed by atoms with Crippen LogP contribution in [0.5, 0.6) is 0 Å². The zero-order valence-corrected chi connectivity index (χ0v) is 9.56. The van der Waals surface area contributed by atoms with Gasteiger partial charge in [-0.05, 0) is 31.6 Å². The van der Waals surface area contributed by atoms with Crippen molar-refractivity contribution in [2.45, 2.75) is 32.6 Å². The van der Waals surface area contributed by atoms with Gasteiger partial charge in [-0.2, -0.15) is 0 Å². The number of carbonyl (C=O) groups is 1. The van der Waals surface area contributed by atoms with E-state index in [0.717, 1.165) is 24.4 Å². The summed E-state index contributed by atoms with van der Waals surface area (Å²) in [5, 5.41) is 3.74. The number of carbonyl (C=O) groups excluding carboxylic acids is 1. The fraction of sp³-hybridized carbons (Fsp3) is 0.636. The van der Waals surface area contributed by atoms with Crippen LogP contribution in [-0.2, 0) is 17.6 Å². The Labute approximate surface area is 92.9 Å². The summed E-state index contributed by atoms with van der Waals surface area (Å²) in [5.74, 6) is 0.968. The minimum atomic E-state index is 0.162. The Morgan fingerprint density at radius 1 is 1.53 bits per heavy atom. The number of fused-ring (bicyclic) bond motifs is 1. The molecular formula is C11H14N2OS. The zero-order chi connectivity index (χ0) is 10.4. The van der Waals surface area contributed by atoms with Gasteiger partial charge in [-0.15, -0.1) is 11.3 Å². The van der Waals surface area contributed by atoms with Crippen LogP contribution < -0.4 is 5.32 Å². The van der Waals surface area contributed by atoms with Gasteiger partial charge in [0.2, 0.25) is 5.91 Å². The lowest BCUT2D eigenvalue weighted by molar-refractivity contribution is -0.117. The van der Waals surface area contributed by atoms with E-state index in [-0.39, 0.29) is 11.8 Å². The lowest BCUT2D eigenvalue weighted by Crippen LogP contribution is -2.14. The number of aryl methyl sites for hydroxylation is 2. The summed E-state index contributed by atoms with van der Waals surface area (Å²) in [6.45, 7) is 2.12. The van der Waals surface area contributed by atoms with Crippen LogP contribution in [0, 0.1) is 11.8 Å². The smallest absolute Gasteiger partial charge is 0.229 e. The number of hydrogen-bond acceptors (Lipinski definition) is 3. The number of nitrogens with zero attached hydrogens (tertiary/aromatic N) is 1. The molecule has 2 aliphatic rings. The molecule has 1 fully saturated rings. The first-order chi connectivity index (χ1) is 7.24. The molecule has 1 aromatic heterocycles. The molecule has 80 valence electrons. The van der Waals surface area contributed by atoms with E-state index in [1.54, 1.807) is 11.3 Å². The first kappa shape index (κ1) is 9.33. The molecule has 0 saturated heterocycles. The maximum absolute atomic E-state index is 11.7. The second-order valence-electron chi connectivity index (χ2n) is 4.55. The van der Waals surface area contributed by atoms with Crippen LogP contribution in [0.1, 0.15) is 30.3 Å². The molecule has 1 N–H and O–H groups in total. The van der Waals surface area contributed by atoms with Gasteiger partial charge in [0.15, 0.2) is 5.13 Å². The van der Waals surface area contributed by atoms with Gasteiger partial charge >= 0.3 is 0 Å². The maximum atomic E-state index is 11.7. The third-order valence-corrected chi connectivity index (χ3v) is 4.34. The molecule has 1 saturated carbocycles. The molecule has 0 radical (unpaired) electrons. The highest BCUT2D eigenvalue weighted by Crippen LogP contribution is 2.39. The molecule has 0 aromatic carbocycles. The molecule has 3 nitrogen and oxygen atoms in total. The third-order valence-electron chi connectivity index (χ3n) is 3.27. The van der Waals surface area contributed by atoms with Gasteiger partial charge in [-0.25, -0.2) is 4.98 Å². The average molecular weight is 222 g/mol. The second-order valence-corrected chi connectivity index (χ2v) is 5.63. The molecule has 1 amide bonds. The van der Waals surface area contributed by atoms with E-state index in [2.05, 4.69) is 17.2 Å². The highest BCUT2D eigenvalue weighted by Gasteiger charge is 2.39. The predicted octanol–water partition coefficient (Wildman–Crippen LogP) is 2.23. The summed E-state index contributed by atoms with van der Waals surface area (Å²) in [6, 6.07) is 0. The van der Waals surface area contributed by atoms with E-state index in [1.165, 1.54) is 17.0 Å². The highest BCUT2D eigenvalue weighted by molar-refractivity contribution is 7.15. The topological polar surface area (TPSA) is 42.0 Å². The standard InChI is InChI=1S/C11H14N2OS/c1-6-5-7(6)10(14)13-11-12-8-3-2-4-9(8)15-11/h6-7H,2-5H2,1H3,(H,12,13,14)/t6-,7+/m1/s1. The predicted molar refractivity (Wildman–Crippen MR) is 60.0 cm³/mol. The van der Waals surface area contributed by atoms with Crippen molar-refractivity contribution in [2.24, 2.45) is 11.8 Å². The number of amides is 1. The number of thiazole rings is 1.